The standard InChI is InChI=1S/C15H15BrFNO2/c1-4-18-6-5-12(16)14(15(18)19)20-13-9(2)7-11(17)8-10(13)3/h5-8H,4H2,1-3H3. The molecule has 106 valence electrons. The molecule has 0 aliphatic rings. The number of nitrogens with zero attached hydrogens (tertiary/aromatic N) is 1. The van der Waals surface area contributed by atoms with E-state index in [9.17, 15) is 9.18 Å². The lowest BCUT2D eigenvalue weighted by molar-refractivity contribution is 0.455. The van der Waals surface area contributed by atoms with Crippen LogP contribution in [-0.4, -0.2) is 4.57 Å². The van der Waals surface area contributed by atoms with Crippen LogP contribution in [0.25, 0.3) is 0 Å². The lowest BCUT2D eigenvalue weighted by atomic mass is 10.1. The second-order valence-corrected chi connectivity index (χ2v) is 5.41. The summed E-state index contributed by atoms with van der Waals surface area (Å²) >= 11 is 3.32. The maximum atomic E-state index is 13.3. The van der Waals surface area contributed by atoms with Crippen LogP contribution >= 0.6 is 15.9 Å². The lowest BCUT2D eigenvalue weighted by Gasteiger charge is -2.14. The second-order valence-electron chi connectivity index (χ2n) is 4.55. The largest absolute Gasteiger partial charge is 0.450 e. The van der Waals surface area contributed by atoms with Crippen molar-refractivity contribution in [2.24, 2.45) is 0 Å². The molecule has 0 atom stereocenters. The van der Waals surface area contributed by atoms with E-state index < -0.39 is 0 Å². The number of halogens is 2. The molecule has 0 unspecified atom stereocenters. The SMILES string of the molecule is CCn1ccc(Br)c(Oc2c(C)cc(F)cc2C)c1=O. The molecule has 0 amide bonds. The molecule has 2 aromatic rings. The van der Waals surface area contributed by atoms with Gasteiger partial charge in [-0.3, -0.25) is 4.79 Å². The van der Waals surface area contributed by atoms with Crippen LogP contribution in [-0.2, 0) is 6.54 Å². The minimum atomic E-state index is -0.314. The van der Waals surface area contributed by atoms with Crippen LogP contribution in [0.15, 0.2) is 33.7 Å². The van der Waals surface area contributed by atoms with E-state index in [-0.39, 0.29) is 17.1 Å². The van der Waals surface area contributed by atoms with Gasteiger partial charge in [0.15, 0.2) is 0 Å². The number of hydrogen-bond donors (Lipinski definition) is 0. The number of rotatable bonds is 3. The van der Waals surface area contributed by atoms with Crippen molar-refractivity contribution in [3.8, 4) is 11.5 Å². The zero-order valence-electron chi connectivity index (χ0n) is 11.5. The summed E-state index contributed by atoms with van der Waals surface area (Å²) in [5.41, 5.74) is 1.09. The highest BCUT2D eigenvalue weighted by molar-refractivity contribution is 9.10. The summed E-state index contributed by atoms with van der Waals surface area (Å²) in [6.45, 7) is 5.94. The van der Waals surface area contributed by atoms with E-state index >= 15 is 0 Å². The molecule has 1 aromatic carbocycles. The molecule has 0 fully saturated rings. The Balaban J connectivity index is 2.53. The molecule has 0 aliphatic carbocycles. The van der Waals surface area contributed by atoms with Crippen LogP contribution in [0.2, 0.25) is 0 Å². The maximum Gasteiger partial charge on any atom is 0.294 e. The van der Waals surface area contributed by atoms with Crippen molar-refractivity contribution in [1.82, 2.24) is 4.57 Å². The molecule has 1 aromatic heterocycles. The molecule has 2 rings (SSSR count). The Kier molecular flexibility index (Phi) is 4.28. The number of aromatic nitrogens is 1. The Morgan fingerprint density at radius 2 is 1.85 bits per heavy atom. The monoisotopic (exact) mass is 339 g/mol. The Bertz CT molecular complexity index is 687. The van der Waals surface area contributed by atoms with Crippen LogP contribution in [0, 0.1) is 19.7 Å². The molecule has 0 aliphatic heterocycles. The molecular weight excluding hydrogens is 325 g/mol. The minimum Gasteiger partial charge on any atom is -0.450 e. The quantitative estimate of drug-likeness (QED) is 0.839. The van der Waals surface area contributed by atoms with Crippen molar-refractivity contribution in [2.75, 3.05) is 0 Å². The summed E-state index contributed by atoms with van der Waals surface area (Å²) in [5.74, 6) is 0.413. The highest BCUT2D eigenvalue weighted by Gasteiger charge is 2.14. The van der Waals surface area contributed by atoms with Crippen molar-refractivity contribution < 1.29 is 9.13 Å². The smallest absolute Gasteiger partial charge is 0.294 e. The van der Waals surface area contributed by atoms with Crippen LogP contribution in [0.5, 0.6) is 11.5 Å². The van der Waals surface area contributed by atoms with Crippen LogP contribution in [0.3, 0.4) is 0 Å². The van der Waals surface area contributed by atoms with E-state index in [4.69, 9.17) is 4.74 Å². The zero-order valence-corrected chi connectivity index (χ0v) is 13.1. The van der Waals surface area contributed by atoms with Gasteiger partial charge < -0.3 is 9.30 Å². The van der Waals surface area contributed by atoms with E-state index in [1.165, 1.54) is 12.1 Å². The highest BCUT2D eigenvalue weighted by atomic mass is 79.9. The van der Waals surface area contributed by atoms with E-state index in [2.05, 4.69) is 15.9 Å². The molecule has 0 spiro atoms. The average molecular weight is 340 g/mol. The van der Waals surface area contributed by atoms with Crippen molar-refractivity contribution in [1.29, 1.82) is 0 Å². The van der Waals surface area contributed by atoms with Gasteiger partial charge in [0.05, 0.1) is 4.47 Å². The predicted octanol–water partition coefficient (Wildman–Crippen LogP) is 4.18. The van der Waals surface area contributed by atoms with Crippen molar-refractivity contribution in [3.63, 3.8) is 0 Å². The fourth-order valence-electron chi connectivity index (χ4n) is 2.03. The molecule has 0 saturated heterocycles. The molecule has 5 heteroatoms. The van der Waals surface area contributed by atoms with Gasteiger partial charge >= 0.3 is 0 Å². The summed E-state index contributed by atoms with van der Waals surface area (Å²) < 4.78 is 21.2. The van der Waals surface area contributed by atoms with Crippen LogP contribution in [0.4, 0.5) is 4.39 Å². The van der Waals surface area contributed by atoms with E-state index in [0.717, 1.165) is 0 Å². The van der Waals surface area contributed by atoms with Gasteiger partial charge in [-0.15, -0.1) is 0 Å². The molecule has 20 heavy (non-hydrogen) atoms. The summed E-state index contributed by atoms with van der Waals surface area (Å²) in [6.07, 6.45) is 1.70. The summed E-state index contributed by atoms with van der Waals surface area (Å²) in [4.78, 5) is 12.2. The van der Waals surface area contributed by atoms with Gasteiger partial charge in [-0.1, -0.05) is 0 Å². The van der Waals surface area contributed by atoms with Crippen LogP contribution in [0.1, 0.15) is 18.1 Å². The first-order valence-electron chi connectivity index (χ1n) is 6.27. The average Bonchev–Trinajstić information content (AvgIpc) is 2.37. The Labute approximate surface area is 125 Å². The number of pyridine rings is 1. The van der Waals surface area contributed by atoms with Gasteiger partial charge in [0.2, 0.25) is 5.75 Å². The van der Waals surface area contributed by atoms with Crippen molar-refractivity contribution >= 4 is 15.9 Å². The maximum absolute atomic E-state index is 13.3. The number of ether oxygens (including phenoxy) is 1. The lowest BCUT2D eigenvalue weighted by Crippen LogP contribution is -2.20. The molecular formula is C15H15BrFNO2. The first-order chi connectivity index (χ1) is 9.43. The highest BCUT2D eigenvalue weighted by Crippen LogP contribution is 2.31. The number of benzene rings is 1. The number of aryl methyl sites for hydroxylation is 3. The third-order valence-electron chi connectivity index (χ3n) is 3.04. The molecule has 0 bridgehead atoms. The van der Waals surface area contributed by atoms with Gasteiger partial charge in [0.25, 0.3) is 5.56 Å². The first-order valence-corrected chi connectivity index (χ1v) is 7.07. The van der Waals surface area contributed by atoms with Gasteiger partial charge in [-0.05, 0) is 66.0 Å². The van der Waals surface area contributed by atoms with Gasteiger partial charge in [0.1, 0.15) is 11.6 Å². The Hall–Kier alpha value is -1.62. The molecule has 1 heterocycles. The summed E-state index contributed by atoms with van der Waals surface area (Å²) in [5, 5.41) is 0. The molecule has 0 saturated carbocycles. The Morgan fingerprint density at radius 3 is 2.40 bits per heavy atom. The third kappa shape index (κ3) is 2.77. The van der Waals surface area contributed by atoms with Crippen LogP contribution < -0.4 is 10.3 Å². The third-order valence-corrected chi connectivity index (χ3v) is 3.67. The minimum absolute atomic E-state index is 0.215. The molecule has 0 radical (unpaired) electrons. The Morgan fingerprint density at radius 1 is 1.25 bits per heavy atom. The van der Waals surface area contributed by atoms with Gasteiger partial charge in [-0.25, -0.2) is 4.39 Å². The normalized spacial score (nSPS) is 10.7. The van der Waals surface area contributed by atoms with E-state index in [1.54, 1.807) is 30.7 Å². The van der Waals surface area contributed by atoms with Gasteiger partial charge in [-0.2, -0.15) is 0 Å². The predicted molar refractivity (Wildman–Crippen MR) is 80.0 cm³/mol. The molecule has 0 N–H and O–H groups in total. The fraction of sp³-hybridized carbons (Fsp3) is 0.267. The second kappa shape index (κ2) is 5.79. The number of hydrogen-bond acceptors (Lipinski definition) is 2. The molecule has 3 nitrogen and oxygen atoms in total. The van der Waals surface area contributed by atoms with Gasteiger partial charge in [0, 0.05) is 12.7 Å². The van der Waals surface area contributed by atoms with Crippen molar-refractivity contribution in [3.05, 3.63) is 56.2 Å². The topological polar surface area (TPSA) is 31.2 Å². The van der Waals surface area contributed by atoms with Crippen molar-refractivity contribution in [2.45, 2.75) is 27.3 Å². The fourth-order valence-corrected chi connectivity index (χ4v) is 2.40. The summed E-state index contributed by atoms with van der Waals surface area (Å²) in [6, 6.07) is 4.53. The van der Waals surface area contributed by atoms with E-state index in [1.807, 2.05) is 6.92 Å². The first kappa shape index (κ1) is 14.8. The zero-order chi connectivity index (χ0) is 14.9. The van der Waals surface area contributed by atoms with E-state index in [0.29, 0.717) is 27.9 Å². The summed E-state index contributed by atoms with van der Waals surface area (Å²) in [7, 11) is 0.